The molecule has 0 saturated heterocycles. The summed E-state index contributed by atoms with van der Waals surface area (Å²) in [4.78, 5) is 25.0. The number of anilines is 1. The lowest BCUT2D eigenvalue weighted by molar-refractivity contribution is -0.117. The van der Waals surface area contributed by atoms with Crippen LogP contribution >= 0.6 is 0 Å². The van der Waals surface area contributed by atoms with Crippen molar-refractivity contribution in [1.82, 2.24) is 4.72 Å². The quantitative estimate of drug-likeness (QED) is 0.484. The molecule has 174 valence electrons. The molecule has 0 aliphatic heterocycles. The van der Waals surface area contributed by atoms with Crippen molar-refractivity contribution >= 4 is 38.4 Å². The summed E-state index contributed by atoms with van der Waals surface area (Å²) in [6.45, 7) is 1.40. The molecule has 1 amide bonds. The van der Waals surface area contributed by atoms with Crippen LogP contribution in [0.2, 0.25) is 0 Å². The number of hydrogen-bond acceptors (Lipinski definition) is 7. The normalized spacial score (nSPS) is 12.1. The molecule has 9 nitrogen and oxygen atoms in total. The van der Waals surface area contributed by atoms with Gasteiger partial charge in [0.1, 0.15) is 0 Å². The van der Waals surface area contributed by atoms with Gasteiger partial charge in [0.15, 0.2) is 11.5 Å². The summed E-state index contributed by atoms with van der Waals surface area (Å²) < 4.78 is 43.2. The van der Waals surface area contributed by atoms with Gasteiger partial charge >= 0.3 is 5.97 Å². The van der Waals surface area contributed by atoms with Gasteiger partial charge in [0, 0.05) is 12.1 Å². The molecule has 3 rings (SSSR count). The lowest BCUT2D eigenvalue weighted by Crippen LogP contribution is -2.41. The third-order valence-corrected chi connectivity index (χ3v) is 6.48. The van der Waals surface area contributed by atoms with Gasteiger partial charge in [-0.2, -0.15) is 4.72 Å². The zero-order chi connectivity index (χ0) is 24.2. The van der Waals surface area contributed by atoms with Gasteiger partial charge in [-0.15, -0.1) is 0 Å². The topological polar surface area (TPSA) is 120 Å². The van der Waals surface area contributed by atoms with E-state index in [0.717, 1.165) is 10.8 Å². The van der Waals surface area contributed by atoms with Gasteiger partial charge in [0.2, 0.25) is 15.9 Å². The van der Waals surface area contributed by atoms with Crippen molar-refractivity contribution in [1.29, 1.82) is 0 Å². The Labute approximate surface area is 191 Å². The van der Waals surface area contributed by atoms with Crippen LogP contribution in [0.3, 0.4) is 0 Å². The van der Waals surface area contributed by atoms with Gasteiger partial charge in [-0.05, 0) is 29.8 Å². The molecule has 10 heteroatoms. The number of fused-ring (bicyclic) bond motifs is 1. The minimum Gasteiger partial charge on any atom is -0.493 e. The lowest BCUT2D eigenvalue weighted by Gasteiger charge is -2.18. The monoisotopic (exact) mass is 472 g/mol. The number of methoxy groups -OCH3 is 3. The smallest absolute Gasteiger partial charge is 0.340 e. The van der Waals surface area contributed by atoms with Crippen molar-refractivity contribution in [3.8, 4) is 11.5 Å². The number of sulfonamides is 1. The maximum absolute atomic E-state index is 12.8. The second kappa shape index (κ2) is 9.88. The fourth-order valence-corrected chi connectivity index (χ4v) is 4.43. The SMILES string of the molecule is COC(=O)c1cc(OC)c(OC)cc1NC(=O)[C@H](C)NS(=O)(=O)c1ccc2ccccc2c1. The maximum Gasteiger partial charge on any atom is 0.340 e. The molecule has 0 saturated carbocycles. The van der Waals surface area contributed by atoms with Gasteiger partial charge in [0.25, 0.3) is 0 Å². The summed E-state index contributed by atoms with van der Waals surface area (Å²) in [6.07, 6.45) is 0. The summed E-state index contributed by atoms with van der Waals surface area (Å²) in [5.41, 5.74) is 0.106. The van der Waals surface area contributed by atoms with E-state index in [-0.39, 0.29) is 27.6 Å². The Morgan fingerprint density at radius 1 is 0.879 bits per heavy atom. The first-order chi connectivity index (χ1) is 15.7. The Balaban J connectivity index is 1.84. The minimum atomic E-state index is -3.99. The molecule has 0 heterocycles. The first-order valence-corrected chi connectivity index (χ1v) is 11.3. The molecule has 3 aromatic rings. The van der Waals surface area contributed by atoms with Gasteiger partial charge < -0.3 is 19.5 Å². The number of esters is 1. The highest BCUT2D eigenvalue weighted by molar-refractivity contribution is 7.89. The van der Waals surface area contributed by atoms with Crippen LogP contribution in [-0.4, -0.2) is 47.7 Å². The molecule has 0 unspecified atom stereocenters. The number of carbonyl (C=O) groups is 2. The zero-order valence-corrected chi connectivity index (χ0v) is 19.4. The van der Waals surface area contributed by atoms with E-state index in [4.69, 9.17) is 14.2 Å². The van der Waals surface area contributed by atoms with Crippen LogP contribution in [0.1, 0.15) is 17.3 Å². The van der Waals surface area contributed by atoms with Crippen molar-refractivity contribution in [3.63, 3.8) is 0 Å². The highest BCUT2D eigenvalue weighted by atomic mass is 32.2. The van der Waals surface area contributed by atoms with Crippen molar-refractivity contribution in [2.45, 2.75) is 17.9 Å². The third kappa shape index (κ3) is 5.24. The Bertz CT molecular complexity index is 1310. The molecule has 0 aromatic heterocycles. The number of hydrogen-bond donors (Lipinski definition) is 2. The summed E-state index contributed by atoms with van der Waals surface area (Å²) in [7, 11) is 0.0173. The van der Waals surface area contributed by atoms with Crippen LogP contribution in [0.4, 0.5) is 5.69 Å². The molecule has 0 spiro atoms. The van der Waals surface area contributed by atoms with E-state index in [1.807, 2.05) is 18.2 Å². The van der Waals surface area contributed by atoms with E-state index < -0.39 is 27.9 Å². The fourth-order valence-electron chi connectivity index (χ4n) is 3.19. The highest BCUT2D eigenvalue weighted by Crippen LogP contribution is 2.34. The van der Waals surface area contributed by atoms with Crippen LogP contribution in [0, 0.1) is 0 Å². The van der Waals surface area contributed by atoms with E-state index in [1.54, 1.807) is 12.1 Å². The number of benzene rings is 3. The average Bonchev–Trinajstić information content (AvgIpc) is 2.82. The van der Waals surface area contributed by atoms with Crippen LogP contribution in [0.5, 0.6) is 11.5 Å². The van der Waals surface area contributed by atoms with Crippen LogP contribution in [0.25, 0.3) is 10.8 Å². The standard InChI is InChI=1S/C23H24N2O7S/c1-14(25-33(28,29)17-10-9-15-7-5-6-8-16(15)11-17)22(26)24-19-13-21(31-3)20(30-2)12-18(19)23(27)32-4/h5-14,25H,1-4H3,(H,24,26)/t14-/m0/s1. The molecule has 33 heavy (non-hydrogen) atoms. The zero-order valence-electron chi connectivity index (χ0n) is 18.5. The van der Waals surface area contributed by atoms with Crippen molar-refractivity contribution in [2.75, 3.05) is 26.6 Å². The molecule has 2 N–H and O–H groups in total. The summed E-state index contributed by atoms with van der Waals surface area (Å²) in [5, 5.41) is 4.20. The molecule has 0 fully saturated rings. The molecular weight excluding hydrogens is 448 g/mol. The van der Waals surface area contributed by atoms with Gasteiger partial charge in [-0.1, -0.05) is 30.3 Å². The molecule has 1 atom stereocenters. The first kappa shape index (κ1) is 24.0. The fraction of sp³-hybridized carbons (Fsp3) is 0.217. The van der Waals surface area contributed by atoms with Gasteiger partial charge in [0.05, 0.1) is 43.5 Å². The Kier molecular flexibility index (Phi) is 7.19. The Morgan fingerprint density at radius 3 is 2.15 bits per heavy atom. The highest BCUT2D eigenvalue weighted by Gasteiger charge is 2.25. The largest absolute Gasteiger partial charge is 0.493 e. The van der Waals surface area contributed by atoms with Crippen LogP contribution in [-0.2, 0) is 19.6 Å². The molecule has 0 bridgehead atoms. The van der Waals surface area contributed by atoms with E-state index in [1.165, 1.54) is 52.5 Å². The number of rotatable bonds is 8. The number of nitrogens with one attached hydrogen (secondary N) is 2. The second-order valence-corrected chi connectivity index (χ2v) is 8.80. The predicted octanol–water partition coefficient (Wildman–Crippen LogP) is 2.95. The summed E-state index contributed by atoms with van der Waals surface area (Å²) in [5.74, 6) is -0.863. The second-order valence-electron chi connectivity index (χ2n) is 7.09. The molecule has 0 radical (unpaired) electrons. The summed E-state index contributed by atoms with van der Waals surface area (Å²) in [6, 6.07) is 13.7. The molecule has 0 aliphatic rings. The number of carbonyl (C=O) groups excluding carboxylic acids is 2. The van der Waals surface area contributed by atoms with E-state index in [2.05, 4.69) is 10.0 Å². The van der Waals surface area contributed by atoms with Crippen molar-refractivity contribution < 1.29 is 32.2 Å². The van der Waals surface area contributed by atoms with Crippen molar-refractivity contribution in [3.05, 3.63) is 60.2 Å². The lowest BCUT2D eigenvalue weighted by atomic mass is 10.1. The number of ether oxygens (including phenoxy) is 3. The Morgan fingerprint density at radius 2 is 1.52 bits per heavy atom. The van der Waals surface area contributed by atoms with Crippen LogP contribution < -0.4 is 19.5 Å². The van der Waals surface area contributed by atoms with E-state index in [9.17, 15) is 18.0 Å². The van der Waals surface area contributed by atoms with Crippen molar-refractivity contribution in [2.24, 2.45) is 0 Å². The minimum absolute atomic E-state index is 0.0214. The first-order valence-electron chi connectivity index (χ1n) is 9.86. The van der Waals surface area contributed by atoms with Gasteiger partial charge in [-0.25, -0.2) is 13.2 Å². The maximum atomic E-state index is 12.8. The van der Waals surface area contributed by atoms with Crippen LogP contribution in [0.15, 0.2) is 59.5 Å². The molecular formula is C23H24N2O7S. The predicted molar refractivity (Wildman–Crippen MR) is 123 cm³/mol. The number of amides is 1. The van der Waals surface area contributed by atoms with Gasteiger partial charge in [-0.3, -0.25) is 4.79 Å². The molecule has 3 aromatic carbocycles. The average molecular weight is 473 g/mol. The molecule has 0 aliphatic carbocycles. The van der Waals surface area contributed by atoms with E-state index in [0.29, 0.717) is 0 Å². The van der Waals surface area contributed by atoms with E-state index >= 15 is 0 Å². The Hall–Kier alpha value is -3.63. The summed E-state index contributed by atoms with van der Waals surface area (Å²) >= 11 is 0. The third-order valence-electron chi connectivity index (χ3n) is 4.94.